The molecule has 0 aliphatic rings. The van der Waals surface area contributed by atoms with E-state index in [0.717, 1.165) is 3.57 Å². The summed E-state index contributed by atoms with van der Waals surface area (Å²) >= 11 is 2.17. The van der Waals surface area contributed by atoms with Gasteiger partial charge in [0.05, 0.1) is 4.90 Å². The van der Waals surface area contributed by atoms with Gasteiger partial charge in [-0.15, -0.1) is 0 Å². The molecule has 0 fully saturated rings. The van der Waals surface area contributed by atoms with Gasteiger partial charge in [-0.3, -0.25) is 4.79 Å². The van der Waals surface area contributed by atoms with Crippen LogP contribution in [0.25, 0.3) is 0 Å². The largest absolute Gasteiger partial charge is 0.322 e. The van der Waals surface area contributed by atoms with Gasteiger partial charge >= 0.3 is 0 Å². The lowest BCUT2D eigenvalue weighted by Gasteiger charge is -2.21. The molecule has 0 spiro atoms. The van der Waals surface area contributed by atoms with Crippen molar-refractivity contribution in [3.63, 3.8) is 0 Å². The second-order valence-corrected chi connectivity index (χ2v) is 8.84. The van der Waals surface area contributed by atoms with Crippen molar-refractivity contribution in [2.75, 3.05) is 12.4 Å². The predicted octanol–water partition coefficient (Wildman–Crippen LogP) is 3.57. The third-order valence-electron chi connectivity index (χ3n) is 3.62. The third-order valence-corrected chi connectivity index (χ3v) is 6.39. The fourth-order valence-corrected chi connectivity index (χ4v) is 3.69. The van der Waals surface area contributed by atoms with Crippen LogP contribution in [0.15, 0.2) is 53.4 Å². The summed E-state index contributed by atoms with van der Waals surface area (Å²) in [5.41, 5.74) is 1.09. The van der Waals surface area contributed by atoms with Gasteiger partial charge in [-0.2, -0.15) is 4.31 Å². The zero-order chi connectivity index (χ0) is 17.9. The lowest BCUT2D eigenvalue weighted by atomic mass is 10.2. The molecule has 0 atom stereocenters. The van der Waals surface area contributed by atoms with Crippen molar-refractivity contribution >= 4 is 44.2 Å². The van der Waals surface area contributed by atoms with Crippen molar-refractivity contribution in [2.24, 2.45) is 0 Å². The standard InChI is InChI=1S/C17H19IN2O3S/c1-12(2)20(3)24(22,23)16-10-8-15(9-11-16)19-17(21)13-4-6-14(18)7-5-13/h4-12H,1-3H3,(H,19,21). The molecule has 2 aromatic carbocycles. The minimum Gasteiger partial charge on any atom is -0.322 e. The lowest BCUT2D eigenvalue weighted by Crippen LogP contribution is -2.33. The number of hydrogen-bond acceptors (Lipinski definition) is 3. The summed E-state index contributed by atoms with van der Waals surface area (Å²) in [6, 6.07) is 13.2. The van der Waals surface area contributed by atoms with Crippen LogP contribution in [0, 0.1) is 3.57 Å². The summed E-state index contributed by atoms with van der Waals surface area (Å²) in [6.45, 7) is 3.63. The Morgan fingerprint density at radius 3 is 2.08 bits per heavy atom. The Bertz CT molecular complexity index is 816. The Morgan fingerprint density at radius 1 is 1.04 bits per heavy atom. The average molecular weight is 458 g/mol. The van der Waals surface area contributed by atoms with Crippen molar-refractivity contribution in [3.8, 4) is 0 Å². The first kappa shape index (κ1) is 18.9. The number of amides is 1. The molecule has 0 aromatic heterocycles. The molecule has 0 heterocycles. The summed E-state index contributed by atoms with van der Waals surface area (Å²) < 4.78 is 27.2. The number of nitrogens with one attached hydrogen (secondary N) is 1. The van der Waals surface area contributed by atoms with Crippen molar-refractivity contribution in [2.45, 2.75) is 24.8 Å². The van der Waals surface area contributed by atoms with Gasteiger partial charge in [-0.05, 0) is 85.0 Å². The number of sulfonamides is 1. The van der Waals surface area contributed by atoms with E-state index in [1.165, 1.54) is 16.4 Å². The Hall–Kier alpha value is -1.45. The smallest absolute Gasteiger partial charge is 0.255 e. The van der Waals surface area contributed by atoms with E-state index in [-0.39, 0.29) is 16.8 Å². The van der Waals surface area contributed by atoms with Crippen molar-refractivity contribution in [3.05, 3.63) is 57.7 Å². The number of carbonyl (C=O) groups is 1. The van der Waals surface area contributed by atoms with Gasteiger partial charge in [-0.1, -0.05) is 0 Å². The molecule has 0 radical (unpaired) electrons. The zero-order valence-corrected chi connectivity index (χ0v) is 16.6. The van der Waals surface area contributed by atoms with Crippen LogP contribution in [0.1, 0.15) is 24.2 Å². The van der Waals surface area contributed by atoms with Crippen LogP contribution in [0.3, 0.4) is 0 Å². The van der Waals surface area contributed by atoms with E-state index in [9.17, 15) is 13.2 Å². The van der Waals surface area contributed by atoms with Gasteiger partial charge in [-0.25, -0.2) is 8.42 Å². The number of carbonyl (C=O) groups excluding carboxylic acids is 1. The topological polar surface area (TPSA) is 66.5 Å². The highest BCUT2D eigenvalue weighted by Crippen LogP contribution is 2.19. The van der Waals surface area contributed by atoms with E-state index in [2.05, 4.69) is 27.9 Å². The Balaban J connectivity index is 2.15. The summed E-state index contributed by atoms with van der Waals surface area (Å²) in [5, 5.41) is 2.76. The Labute approximate surface area is 156 Å². The number of benzene rings is 2. The lowest BCUT2D eigenvalue weighted by molar-refractivity contribution is 0.102. The first-order valence-electron chi connectivity index (χ1n) is 7.37. The van der Waals surface area contributed by atoms with Crippen LogP contribution in [-0.2, 0) is 10.0 Å². The number of nitrogens with zero attached hydrogens (tertiary/aromatic N) is 1. The van der Waals surface area contributed by atoms with Crippen LogP contribution in [0.2, 0.25) is 0 Å². The number of hydrogen-bond donors (Lipinski definition) is 1. The van der Waals surface area contributed by atoms with E-state index >= 15 is 0 Å². The monoisotopic (exact) mass is 458 g/mol. The number of rotatable bonds is 5. The van der Waals surface area contributed by atoms with Crippen LogP contribution in [-0.4, -0.2) is 31.7 Å². The van der Waals surface area contributed by atoms with Gasteiger partial charge in [0.1, 0.15) is 0 Å². The highest BCUT2D eigenvalue weighted by molar-refractivity contribution is 14.1. The van der Waals surface area contributed by atoms with E-state index in [1.807, 2.05) is 26.0 Å². The maximum atomic E-state index is 12.4. The number of anilines is 1. The normalized spacial score (nSPS) is 11.8. The van der Waals surface area contributed by atoms with Gasteiger partial charge in [0.2, 0.25) is 10.0 Å². The fourth-order valence-electron chi connectivity index (χ4n) is 1.96. The Kier molecular flexibility index (Phi) is 6.00. The van der Waals surface area contributed by atoms with E-state index in [4.69, 9.17) is 0 Å². The first-order valence-corrected chi connectivity index (χ1v) is 9.88. The SMILES string of the molecule is CC(C)N(C)S(=O)(=O)c1ccc(NC(=O)c2ccc(I)cc2)cc1. The molecule has 128 valence electrons. The summed E-state index contributed by atoms with van der Waals surface area (Å²) in [7, 11) is -1.97. The molecule has 0 unspecified atom stereocenters. The van der Waals surface area contributed by atoms with Gasteiger partial charge < -0.3 is 5.32 Å². The molecule has 1 amide bonds. The van der Waals surface area contributed by atoms with Crippen molar-refractivity contribution in [1.82, 2.24) is 4.31 Å². The minimum atomic E-state index is -3.52. The van der Waals surface area contributed by atoms with Gasteiger partial charge in [0, 0.05) is 27.9 Å². The van der Waals surface area contributed by atoms with E-state index in [1.54, 1.807) is 31.3 Å². The molecular weight excluding hydrogens is 439 g/mol. The highest BCUT2D eigenvalue weighted by atomic mass is 127. The maximum absolute atomic E-state index is 12.4. The molecular formula is C17H19IN2O3S. The quantitative estimate of drug-likeness (QED) is 0.697. The second kappa shape index (κ2) is 7.62. The minimum absolute atomic E-state index is 0.129. The molecule has 0 saturated heterocycles. The molecule has 7 heteroatoms. The van der Waals surface area contributed by atoms with Gasteiger partial charge in [0.25, 0.3) is 5.91 Å². The van der Waals surface area contributed by atoms with E-state index in [0.29, 0.717) is 11.3 Å². The van der Waals surface area contributed by atoms with Gasteiger partial charge in [0.15, 0.2) is 0 Å². The predicted molar refractivity (Wildman–Crippen MR) is 104 cm³/mol. The maximum Gasteiger partial charge on any atom is 0.255 e. The summed E-state index contributed by atoms with van der Waals surface area (Å²) in [6.07, 6.45) is 0. The molecule has 1 N–H and O–H groups in total. The van der Waals surface area contributed by atoms with Crippen LogP contribution >= 0.6 is 22.6 Å². The van der Waals surface area contributed by atoms with Crippen molar-refractivity contribution in [1.29, 1.82) is 0 Å². The summed E-state index contributed by atoms with van der Waals surface area (Å²) in [4.78, 5) is 12.4. The molecule has 0 bridgehead atoms. The van der Waals surface area contributed by atoms with Crippen molar-refractivity contribution < 1.29 is 13.2 Å². The zero-order valence-electron chi connectivity index (χ0n) is 13.7. The third kappa shape index (κ3) is 4.34. The molecule has 0 saturated carbocycles. The molecule has 24 heavy (non-hydrogen) atoms. The second-order valence-electron chi connectivity index (χ2n) is 5.60. The average Bonchev–Trinajstić information content (AvgIpc) is 2.55. The van der Waals surface area contributed by atoms with Crippen LogP contribution in [0.4, 0.5) is 5.69 Å². The Morgan fingerprint density at radius 2 is 1.58 bits per heavy atom. The molecule has 0 aliphatic carbocycles. The molecule has 2 rings (SSSR count). The summed E-state index contributed by atoms with van der Waals surface area (Å²) in [5.74, 6) is -0.235. The number of halogens is 1. The highest BCUT2D eigenvalue weighted by Gasteiger charge is 2.22. The molecule has 0 aliphatic heterocycles. The first-order chi connectivity index (χ1) is 11.2. The van der Waals surface area contributed by atoms with Crippen LogP contribution in [0.5, 0.6) is 0 Å². The van der Waals surface area contributed by atoms with E-state index < -0.39 is 10.0 Å². The van der Waals surface area contributed by atoms with Crippen LogP contribution < -0.4 is 5.32 Å². The molecule has 2 aromatic rings. The fraction of sp³-hybridized carbons (Fsp3) is 0.235. The molecule has 5 nitrogen and oxygen atoms in total.